The van der Waals surface area contributed by atoms with Gasteiger partial charge >= 0.3 is 0 Å². The van der Waals surface area contributed by atoms with Gasteiger partial charge in [0.25, 0.3) is 0 Å². The zero-order valence-electron chi connectivity index (χ0n) is 10.8. The van der Waals surface area contributed by atoms with E-state index in [-0.39, 0.29) is 5.75 Å². The highest BCUT2D eigenvalue weighted by atomic mass is 16.3. The van der Waals surface area contributed by atoms with Crippen molar-refractivity contribution < 1.29 is 5.11 Å². The normalized spacial score (nSPS) is 10.4. The molecule has 0 saturated heterocycles. The van der Waals surface area contributed by atoms with Crippen molar-refractivity contribution in [2.24, 2.45) is 0 Å². The number of nitrogens with zero attached hydrogens (tertiary/aromatic N) is 3. The molecule has 5 nitrogen and oxygen atoms in total. The third kappa shape index (κ3) is 2.61. The second-order valence-corrected chi connectivity index (χ2v) is 4.38. The lowest BCUT2D eigenvalue weighted by atomic mass is 10.2. The first-order valence-corrected chi connectivity index (χ1v) is 6.30. The predicted molar refractivity (Wildman–Crippen MR) is 76.8 cm³/mol. The molecule has 0 aliphatic rings. The van der Waals surface area contributed by atoms with Crippen molar-refractivity contribution in [2.75, 3.05) is 5.32 Å². The summed E-state index contributed by atoms with van der Waals surface area (Å²) in [6.07, 6.45) is 3.46. The number of rotatable bonds is 4. The van der Waals surface area contributed by atoms with Gasteiger partial charge in [-0.3, -0.25) is 0 Å². The molecule has 100 valence electrons. The van der Waals surface area contributed by atoms with Crippen LogP contribution in [0.1, 0.15) is 5.56 Å². The minimum atomic E-state index is 0.275. The Morgan fingerprint density at radius 1 is 1.05 bits per heavy atom. The Kier molecular flexibility index (Phi) is 3.33. The summed E-state index contributed by atoms with van der Waals surface area (Å²) in [6.45, 7) is 0.673. The minimum absolute atomic E-state index is 0.275. The number of phenols is 1. The van der Waals surface area contributed by atoms with E-state index in [0.717, 1.165) is 16.9 Å². The SMILES string of the molecule is Oc1ccc(CNc2ccccc2-n2ccnn2)cc1. The Hall–Kier alpha value is -2.82. The van der Waals surface area contributed by atoms with E-state index in [0.29, 0.717) is 6.54 Å². The highest BCUT2D eigenvalue weighted by Crippen LogP contribution is 2.20. The summed E-state index contributed by atoms with van der Waals surface area (Å²) in [5, 5.41) is 20.5. The number of hydrogen-bond acceptors (Lipinski definition) is 4. The fourth-order valence-corrected chi connectivity index (χ4v) is 1.97. The van der Waals surface area contributed by atoms with Crippen LogP contribution in [0.15, 0.2) is 60.9 Å². The lowest BCUT2D eigenvalue weighted by molar-refractivity contribution is 0.475. The largest absolute Gasteiger partial charge is 0.508 e. The second kappa shape index (κ2) is 5.44. The monoisotopic (exact) mass is 266 g/mol. The standard InChI is InChI=1S/C15H14N4O/c20-13-7-5-12(6-8-13)11-16-14-3-1-2-4-15(14)19-10-9-17-18-19/h1-10,16,20H,11H2. The number of hydrogen-bond donors (Lipinski definition) is 2. The van der Waals surface area contributed by atoms with E-state index in [2.05, 4.69) is 15.6 Å². The van der Waals surface area contributed by atoms with Crippen LogP contribution in [0.3, 0.4) is 0 Å². The van der Waals surface area contributed by atoms with E-state index in [4.69, 9.17) is 0 Å². The van der Waals surface area contributed by atoms with Crippen molar-refractivity contribution in [3.63, 3.8) is 0 Å². The molecule has 0 bridgehead atoms. The second-order valence-electron chi connectivity index (χ2n) is 4.38. The van der Waals surface area contributed by atoms with E-state index < -0.39 is 0 Å². The number of aromatic hydroxyl groups is 1. The van der Waals surface area contributed by atoms with E-state index in [1.54, 1.807) is 29.2 Å². The molecule has 3 rings (SSSR count). The van der Waals surface area contributed by atoms with Crippen LogP contribution in [-0.2, 0) is 6.54 Å². The van der Waals surface area contributed by atoms with Crippen LogP contribution in [-0.4, -0.2) is 20.1 Å². The van der Waals surface area contributed by atoms with Gasteiger partial charge in [-0.15, -0.1) is 5.10 Å². The highest BCUT2D eigenvalue weighted by Gasteiger charge is 2.04. The number of phenolic OH excluding ortho intramolecular Hbond substituents is 1. The average molecular weight is 266 g/mol. The van der Waals surface area contributed by atoms with Crippen LogP contribution in [0.2, 0.25) is 0 Å². The van der Waals surface area contributed by atoms with E-state index in [1.807, 2.05) is 36.4 Å². The molecule has 0 saturated carbocycles. The van der Waals surface area contributed by atoms with Gasteiger partial charge in [0.15, 0.2) is 0 Å². The van der Waals surface area contributed by atoms with Crippen LogP contribution < -0.4 is 5.32 Å². The molecule has 0 fully saturated rings. The van der Waals surface area contributed by atoms with Gasteiger partial charge in [-0.2, -0.15) is 0 Å². The number of para-hydroxylation sites is 2. The Balaban J connectivity index is 1.79. The van der Waals surface area contributed by atoms with Crippen LogP contribution in [0.4, 0.5) is 5.69 Å². The van der Waals surface area contributed by atoms with Gasteiger partial charge in [0, 0.05) is 6.54 Å². The fourth-order valence-electron chi connectivity index (χ4n) is 1.97. The summed E-state index contributed by atoms with van der Waals surface area (Å²) in [4.78, 5) is 0. The van der Waals surface area contributed by atoms with Gasteiger partial charge in [-0.1, -0.05) is 29.5 Å². The van der Waals surface area contributed by atoms with E-state index >= 15 is 0 Å². The molecule has 5 heteroatoms. The zero-order chi connectivity index (χ0) is 13.8. The molecule has 1 aromatic heterocycles. The van der Waals surface area contributed by atoms with Gasteiger partial charge in [0.2, 0.25) is 0 Å². The fraction of sp³-hybridized carbons (Fsp3) is 0.0667. The maximum absolute atomic E-state index is 9.27. The van der Waals surface area contributed by atoms with Crippen molar-refractivity contribution in [3.05, 3.63) is 66.5 Å². The van der Waals surface area contributed by atoms with Gasteiger partial charge in [-0.25, -0.2) is 4.68 Å². The highest BCUT2D eigenvalue weighted by molar-refractivity contribution is 5.60. The molecular weight excluding hydrogens is 252 g/mol. The molecule has 0 spiro atoms. The lowest BCUT2D eigenvalue weighted by Crippen LogP contribution is -2.04. The van der Waals surface area contributed by atoms with E-state index in [9.17, 15) is 5.11 Å². The first-order valence-electron chi connectivity index (χ1n) is 6.30. The van der Waals surface area contributed by atoms with Crippen LogP contribution >= 0.6 is 0 Å². The number of benzene rings is 2. The number of nitrogens with one attached hydrogen (secondary N) is 1. The summed E-state index contributed by atoms with van der Waals surface area (Å²) in [5.41, 5.74) is 3.02. The predicted octanol–water partition coefficient (Wildman–Crippen LogP) is 2.58. The van der Waals surface area contributed by atoms with Crippen LogP contribution in [0.5, 0.6) is 5.75 Å². The molecule has 2 N–H and O–H groups in total. The van der Waals surface area contributed by atoms with E-state index in [1.165, 1.54) is 0 Å². The molecule has 0 radical (unpaired) electrons. The van der Waals surface area contributed by atoms with Crippen LogP contribution in [0.25, 0.3) is 5.69 Å². The average Bonchev–Trinajstić information content (AvgIpc) is 3.01. The summed E-state index contributed by atoms with van der Waals surface area (Å²) in [5.74, 6) is 0.275. The molecule has 2 aromatic carbocycles. The maximum Gasteiger partial charge on any atom is 0.115 e. The van der Waals surface area contributed by atoms with Gasteiger partial charge in [0.1, 0.15) is 5.75 Å². The van der Waals surface area contributed by atoms with Crippen molar-refractivity contribution in [1.29, 1.82) is 0 Å². The summed E-state index contributed by atoms with van der Waals surface area (Å²) in [7, 11) is 0. The topological polar surface area (TPSA) is 63.0 Å². The molecule has 1 heterocycles. The summed E-state index contributed by atoms with van der Waals surface area (Å²) >= 11 is 0. The number of aromatic nitrogens is 3. The smallest absolute Gasteiger partial charge is 0.115 e. The van der Waals surface area contributed by atoms with Gasteiger partial charge in [-0.05, 0) is 29.8 Å². The molecule has 3 aromatic rings. The molecule has 0 amide bonds. The third-order valence-electron chi connectivity index (χ3n) is 2.99. The molecule has 0 atom stereocenters. The third-order valence-corrected chi connectivity index (χ3v) is 2.99. The summed E-state index contributed by atoms with van der Waals surface area (Å²) in [6, 6.07) is 15.1. The van der Waals surface area contributed by atoms with Crippen molar-refractivity contribution in [1.82, 2.24) is 15.0 Å². The van der Waals surface area contributed by atoms with Crippen LogP contribution in [0, 0.1) is 0 Å². The van der Waals surface area contributed by atoms with Gasteiger partial charge < -0.3 is 10.4 Å². The molecule has 0 aliphatic carbocycles. The molecule has 0 unspecified atom stereocenters. The van der Waals surface area contributed by atoms with Crippen molar-refractivity contribution in [2.45, 2.75) is 6.54 Å². The van der Waals surface area contributed by atoms with Gasteiger partial charge in [0.05, 0.1) is 23.8 Å². The van der Waals surface area contributed by atoms with Crippen molar-refractivity contribution in [3.8, 4) is 11.4 Å². The molecule has 20 heavy (non-hydrogen) atoms. The Morgan fingerprint density at radius 2 is 1.85 bits per heavy atom. The molecule has 0 aliphatic heterocycles. The Morgan fingerprint density at radius 3 is 2.60 bits per heavy atom. The maximum atomic E-state index is 9.27. The Labute approximate surface area is 116 Å². The minimum Gasteiger partial charge on any atom is -0.508 e. The Bertz CT molecular complexity index is 677. The lowest BCUT2D eigenvalue weighted by Gasteiger charge is -2.11. The van der Waals surface area contributed by atoms with Crippen molar-refractivity contribution >= 4 is 5.69 Å². The zero-order valence-corrected chi connectivity index (χ0v) is 10.8. The quantitative estimate of drug-likeness (QED) is 0.762. The first-order chi connectivity index (χ1) is 9.83. The summed E-state index contributed by atoms with van der Waals surface area (Å²) < 4.78 is 1.72. The first kappa shape index (κ1) is 12.2. The number of anilines is 1. The molecular formula is C15H14N4O.